The number of nitrogens with zero attached hydrogens (tertiary/aromatic N) is 3. The van der Waals surface area contributed by atoms with Crippen LogP contribution < -0.4 is 5.32 Å². The van der Waals surface area contributed by atoms with Gasteiger partial charge < -0.3 is 5.32 Å². The lowest BCUT2D eigenvalue weighted by molar-refractivity contribution is -0.116. The lowest BCUT2D eigenvalue weighted by Crippen LogP contribution is -2.13. The molecule has 0 aliphatic rings. The average molecular weight is 357 g/mol. The quantitative estimate of drug-likeness (QED) is 0.567. The highest BCUT2D eigenvalue weighted by molar-refractivity contribution is 5.96. The third kappa shape index (κ3) is 3.84. The summed E-state index contributed by atoms with van der Waals surface area (Å²) in [7, 11) is 0. The van der Waals surface area contributed by atoms with E-state index < -0.39 is 0 Å². The van der Waals surface area contributed by atoms with Crippen molar-refractivity contribution in [3.63, 3.8) is 0 Å². The Bertz CT molecular complexity index is 1090. The summed E-state index contributed by atoms with van der Waals surface area (Å²) < 4.78 is 0. The molecule has 2 N–H and O–H groups in total. The molecule has 6 nitrogen and oxygen atoms in total. The fourth-order valence-corrected chi connectivity index (χ4v) is 3.00. The van der Waals surface area contributed by atoms with Gasteiger partial charge in [0.1, 0.15) is 11.5 Å². The van der Waals surface area contributed by atoms with Gasteiger partial charge >= 0.3 is 0 Å². The Kier molecular flexibility index (Phi) is 4.61. The monoisotopic (exact) mass is 357 g/mol. The van der Waals surface area contributed by atoms with Crippen molar-refractivity contribution >= 4 is 22.6 Å². The van der Waals surface area contributed by atoms with E-state index in [1.54, 1.807) is 18.5 Å². The standard InChI is InChI=1S/C21H19N5O/c1-14-11-16(9-10-22-14)21-17-13-23-19(12-18(17)25-26-21)24-20(27)8-7-15-5-3-2-4-6-15/h2-6,9-13H,7-8H2,1H3,(H,25,26)(H,23,24,27). The van der Waals surface area contributed by atoms with Gasteiger partial charge in [-0.15, -0.1) is 0 Å². The lowest BCUT2D eigenvalue weighted by atomic mass is 10.1. The zero-order chi connectivity index (χ0) is 18.6. The second-order valence-electron chi connectivity index (χ2n) is 6.41. The van der Waals surface area contributed by atoms with Gasteiger partial charge in [-0.1, -0.05) is 30.3 Å². The molecule has 4 aromatic rings. The molecule has 6 heteroatoms. The maximum Gasteiger partial charge on any atom is 0.225 e. The Morgan fingerprint density at radius 1 is 1.11 bits per heavy atom. The molecule has 1 aromatic carbocycles. The molecule has 3 heterocycles. The van der Waals surface area contributed by atoms with Gasteiger partial charge in [0.05, 0.1) is 5.52 Å². The minimum atomic E-state index is -0.0600. The molecule has 1 amide bonds. The van der Waals surface area contributed by atoms with Crippen LogP contribution in [0.25, 0.3) is 22.2 Å². The minimum absolute atomic E-state index is 0.0600. The number of fused-ring (bicyclic) bond motifs is 1. The number of hydrogen-bond donors (Lipinski definition) is 2. The summed E-state index contributed by atoms with van der Waals surface area (Å²) in [6, 6.07) is 15.7. The maximum absolute atomic E-state index is 12.2. The molecule has 3 aromatic heterocycles. The van der Waals surface area contributed by atoms with E-state index in [2.05, 4.69) is 25.5 Å². The van der Waals surface area contributed by atoms with E-state index in [1.807, 2.05) is 49.4 Å². The molecule has 0 atom stereocenters. The van der Waals surface area contributed by atoms with Gasteiger partial charge in [-0.05, 0) is 31.0 Å². The van der Waals surface area contributed by atoms with Crippen molar-refractivity contribution in [3.8, 4) is 11.3 Å². The topological polar surface area (TPSA) is 83.6 Å². The van der Waals surface area contributed by atoms with Gasteiger partial charge in [0.2, 0.25) is 5.91 Å². The Balaban J connectivity index is 1.48. The Labute approximate surface area is 156 Å². The summed E-state index contributed by atoms with van der Waals surface area (Å²) in [4.78, 5) is 20.8. The molecular formula is C21H19N5O. The average Bonchev–Trinajstić information content (AvgIpc) is 3.10. The normalized spacial score (nSPS) is 10.9. The molecule has 4 rings (SSSR count). The molecule has 0 unspecified atom stereocenters. The smallest absolute Gasteiger partial charge is 0.225 e. The SMILES string of the molecule is Cc1cc(-c2n[nH]c3cc(NC(=O)CCc4ccccc4)ncc23)ccn1. The summed E-state index contributed by atoms with van der Waals surface area (Å²) >= 11 is 0. The van der Waals surface area contributed by atoms with E-state index in [1.165, 1.54) is 0 Å². The molecule has 0 aliphatic heterocycles. The number of hydrogen-bond acceptors (Lipinski definition) is 4. The van der Waals surface area contributed by atoms with Crippen LogP contribution in [0.15, 0.2) is 60.9 Å². The third-order valence-corrected chi connectivity index (χ3v) is 4.37. The largest absolute Gasteiger partial charge is 0.311 e. The Morgan fingerprint density at radius 3 is 2.78 bits per heavy atom. The second-order valence-corrected chi connectivity index (χ2v) is 6.41. The molecule has 0 saturated heterocycles. The number of pyridine rings is 2. The third-order valence-electron chi connectivity index (χ3n) is 4.37. The first kappa shape index (κ1) is 16.9. The fraction of sp³-hybridized carbons (Fsp3) is 0.143. The first-order valence-electron chi connectivity index (χ1n) is 8.80. The van der Waals surface area contributed by atoms with E-state index in [4.69, 9.17) is 0 Å². The van der Waals surface area contributed by atoms with Crippen LogP contribution in [-0.4, -0.2) is 26.1 Å². The number of benzene rings is 1. The van der Waals surface area contributed by atoms with Crippen molar-refractivity contribution in [1.29, 1.82) is 0 Å². The van der Waals surface area contributed by atoms with Gasteiger partial charge in [-0.25, -0.2) is 4.98 Å². The van der Waals surface area contributed by atoms with Crippen LogP contribution >= 0.6 is 0 Å². The molecule has 0 aliphatic carbocycles. The van der Waals surface area contributed by atoms with Crippen molar-refractivity contribution < 1.29 is 4.79 Å². The number of carbonyl (C=O) groups is 1. The first-order valence-corrected chi connectivity index (χ1v) is 8.80. The Morgan fingerprint density at radius 2 is 1.96 bits per heavy atom. The molecule has 0 bridgehead atoms. The van der Waals surface area contributed by atoms with Crippen molar-refractivity contribution in [2.24, 2.45) is 0 Å². The number of aromatic amines is 1. The highest BCUT2D eigenvalue weighted by Crippen LogP contribution is 2.27. The van der Waals surface area contributed by atoms with Crippen LogP contribution in [0.2, 0.25) is 0 Å². The van der Waals surface area contributed by atoms with Crippen molar-refractivity contribution in [3.05, 3.63) is 72.2 Å². The van der Waals surface area contributed by atoms with Gasteiger partial charge in [-0.3, -0.25) is 14.9 Å². The summed E-state index contributed by atoms with van der Waals surface area (Å²) in [5.41, 5.74) is 4.70. The van der Waals surface area contributed by atoms with Crippen LogP contribution in [0.5, 0.6) is 0 Å². The summed E-state index contributed by atoms with van der Waals surface area (Å²) in [6.07, 6.45) is 4.61. The molecule has 134 valence electrons. The lowest BCUT2D eigenvalue weighted by Gasteiger charge is -2.05. The zero-order valence-corrected chi connectivity index (χ0v) is 14.9. The number of H-pyrrole nitrogens is 1. The summed E-state index contributed by atoms with van der Waals surface area (Å²) in [5.74, 6) is 0.455. The number of rotatable bonds is 5. The molecule has 0 radical (unpaired) electrons. The summed E-state index contributed by atoms with van der Waals surface area (Å²) in [5, 5.41) is 11.2. The van der Waals surface area contributed by atoms with Crippen LogP contribution in [0, 0.1) is 6.92 Å². The van der Waals surface area contributed by atoms with Crippen LogP contribution in [0.1, 0.15) is 17.7 Å². The van der Waals surface area contributed by atoms with E-state index in [0.29, 0.717) is 18.7 Å². The van der Waals surface area contributed by atoms with Crippen LogP contribution in [-0.2, 0) is 11.2 Å². The van der Waals surface area contributed by atoms with Crippen molar-refractivity contribution in [2.75, 3.05) is 5.32 Å². The molecule has 0 spiro atoms. The number of nitrogens with one attached hydrogen (secondary N) is 2. The number of amides is 1. The molecule has 0 fully saturated rings. The van der Waals surface area contributed by atoms with Gasteiger partial charge in [-0.2, -0.15) is 5.10 Å². The van der Waals surface area contributed by atoms with E-state index >= 15 is 0 Å². The fourth-order valence-electron chi connectivity index (χ4n) is 3.00. The minimum Gasteiger partial charge on any atom is -0.311 e. The molecule has 27 heavy (non-hydrogen) atoms. The zero-order valence-electron chi connectivity index (χ0n) is 14.9. The predicted molar refractivity (Wildman–Crippen MR) is 105 cm³/mol. The van der Waals surface area contributed by atoms with Crippen LogP contribution in [0.4, 0.5) is 5.82 Å². The van der Waals surface area contributed by atoms with Gasteiger partial charge in [0, 0.05) is 41.5 Å². The van der Waals surface area contributed by atoms with Crippen LogP contribution in [0.3, 0.4) is 0 Å². The second kappa shape index (κ2) is 7.37. The van der Waals surface area contributed by atoms with E-state index in [9.17, 15) is 4.79 Å². The predicted octanol–water partition coefficient (Wildman–Crippen LogP) is 3.90. The first-order chi connectivity index (χ1) is 13.2. The highest BCUT2D eigenvalue weighted by atomic mass is 16.1. The summed E-state index contributed by atoms with van der Waals surface area (Å²) in [6.45, 7) is 1.94. The number of anilines is 1. The maximum atomic E-state index is 12.2. The van der Waals surface area contributed by atoms with Gasteiger partial charge in [0.25, 0.3) is 0 Å². The number of aromatic nitrogens is 4. The number of carbonyl (C=O) groups excluding carboxylic acids is 1. The van der Waals surface area contributed by atoms with Crippen molar-refractivity contribution in [2.45, 2.75) is 19.8 Å². The number of aryl methyl sites for hydroxylation is 2. The van der Waals surface area contributed by atoms with Crippen molar-refractivity contribution in [1.82, 2.24) is 20.2 Å². The van der Waals surface area contributed by atoms with E-state index in [0.717, 1.165) is 33.4 Å². The van der Waals surface area contributed by atoms with Gasteiger partial charge in [0.15, 0.2) is 0 Å². The highest BCUT2D eigenvalue weighted by Gasteiger charge is 2.11. The molecular weight excluding hydrogens is 338 g/mol. The molecule has 0 saturated carbocycles. The Hall–Kier alpha value is -3.54. The van der Waals surface area contributed by atoms with E-state index in [-0.39, 0.29) is 5.91 Å².